The van der Waals surface area contributed by atoms with Crippen molar-refractivity contribution in [3.63, 3.8) is 0 Å². The molecule has 2 heterocycles. The number of rotatable bonds is 13. The Morgan fingerprint density at radius 3 is 2.43 bits per heavy atom. The predicted molar refractivity (Wildman–Crippen MR) is 182 cm³/mol. The highest BCUT2D eigenvalue weighted by Gasteiger charge is 2.24. The molecule has 3 aromatic carbocycles. The maximum Gasteiger partial charge on any atom is 0.311 e. The molecule has 12 heteroatoms. The molecule has 10 nitrogen and oxygen atoms in total. The van der Waals surface area contributed by atoms with Crippen molar-refractivity contribution in [2.75, 3.05) is 17.2 Å². The Morgan fingerprint density at radius 1 is 0.936 bits per heavy atom. The van der Waals surface area contributed by atoms with Crippen LogP contribution >= 0.6 is 23.1 Å². The first-order valence-electron chi connectivity index (χ1n) is 14.5. The van der Waals surface area contributed by atoms with Crippen LogP contribution in [0.2, 0.25) is 0 Å². The van der Waals surface area contributed by atoms with Crippen LogP contribution in [0.1, 0.15) is 39.5 Å². The molecule has 3 N–H and O–H groups in total. The number of thiazole rings is 1. The van der Waals surface area contributed by atoms with E-state index in [4.69, 9.17) is 9.15 Å². The van der Waals surface area contributed by atoms with Crippen LogP contribution in [0, 0.1) is 0 Å². The van der Waals surface area contributed by atoms with Crippen molar-refractivity contribution in [3.05, 3.63) is 137 Å². The number of nitrogens with zero attached hydrogens (tertiary/aromatic N) is 1. The van der Waals surface area contributed by atoms with Crippen molar-refractivity contribution >= 4 is 63.7 Å². The van der Waals surface area contributed by atoms with Gasteiger partial charge in [-0.3, -0.25) is 19.2 Å². The lowest BCUT2D eigenvalue weighted by molar-refractivity contribution is -0.142. The summed E-state index contributed by atoms with van der Waals surface area (Å²) < 4.78 is 10.4. The number of nitrogens with one attached hydrogen (secondary N) is 3. The second-order valence-electron chi connectivity index (χ2n) is 9.90. The van der Waals surface area contributed by atoms with E-state index in [1.54, 1.807) is 73.0 Å². The monoisotopic (exact) mass is 666 g/mol. The lowest BCUT2D eigenvalue weighted by Gasteiger charge is -2.17. The molecular weight excluding hydrogens is 637 g/mol. The number of furan rings is 1. The molecule has 0 bridgehead atoms. The van der Waals surface area contributed by atoms with E-state index in [1.807, 2.05) is 36.4 Å². The van der Waals surface area contributed by atoms with E-state index >= 15 is 0 Å². The number of ether oxygens (including phenoxy) is 1. The molecule has 2 aromatic heterocycles. The Morgan fingerprint density at radius 2 is 1.70 bits per heavy atom. The van der Waals surface area contributed by atoms with Crippen LogP contribution in [0.4, 0.5) is 10.8 Å². The fraction of sp³-hybridized carbons (Fsp3) is 0.114. The summed E-state index contributed by atoms with van der Waals surface area (Å²) in [6, 6.07) is 28.2. The van der Waals surface area contributed by atoms with Gasteiger partial charge in [0.05, 0.1) is 25.0 Å². The molecule has 0 radical (unpaired) electrons. The van der Waals surface area contributed by atoms with Gasteiger partial charge in [-0.1, -0.05) is 54.6 Å². The highest BCUT2D eigenvalue weighted by atomic mass is 32.2. The zero-order valence-electron chi connectivity index (χ0n) is 25.2. The average Bonchev–Trinajstić information content (AvgIpc) is 3.76. The van der Waals surface area contributed by atoms with Gasteiger partial charge in [0.2, 0.25) is 5.91 Å². The third-order valence-corrected chi connectivity index (χ3v) is 8.51. The molecule has 0 saturated heterocycles. The van der Waals surface area contributed by atoms with Crippen molar-refractivity contribution in [1.29, 1.82) is 0 Å². The number of amides is 3. The first kappa shape index (κ1) is 32.9. The fourth-order valence-corrected chi connectivity index (χ4v) is 6.11. The molecule has 0 spiro atoms. The second-order valence-corrected chi connectivity index (χ2v) is 11.9. The zero-order valence-corrected chi connectivity index (χ0v) is 26.8. The fourth-order valence-electron chi connectivity index (χ4n) is 4.32. The minimum atomic E-state index is -0.667. The molecule has 0 aliphatic heterocycles. The maximum absolute atomic E-state index is 13.6. The van der Waals surface area contributed by atoms with Crippen LogP contribution in [-0.4, -0.2) is 35.3 Å². The maximum atomic E-state index is 13.6. The first-order valence-corrected chi connectivity index (χ1v) is 16.3. The molecule has 238 valence electrons. The van der Waals surface area contributed by atoms with E-state index in [1.165, 1.54) is 35.4 Å². The Hall–Kier alpha value is -5.46. The van der Waals surface area contributed by atoms with Crippen molar-refractivity contribution in [3.8, 4) is 0 Å². The Kier molecular flexibility index (Phi) is 11.3. The van der Waals surface area contributed by atoms with Crippen LogP contribution in [-0.2, 0) is 25.5 Å². The zero-order chi connectivity index (χ0) is 33.0. The summed E-state index contributed by atoms with van der Waals surface area (Å²) >= 11 is 2.52. The Labute approximate surface area is 279 Å². The number of carbonyl (C=O) groups is 4. The van der Waals surface area contributed by atoms with E-state index in [0.717, 1.165) is 5.56 Å². The lowest BCUT2D eigenvalue weighted by Crippen LogP contribution is -2.30. The molecule has 0 aliphatic rings. The highest BCUT2D eigenvalue weighted by molar-refractivity contribution is 8.00. The van der Waals surface area contributed by atoms with Crippen molar-refractivity contribution in [1.82, 2.24) is 10.3 Å². The molecule has 3 amide bonds. The summed E-state index contributed by atoms with van der Waals surface area (Å²) in [5, 5.41) is 9.79. The topological polar surface area (TPSA) is 140 Å². The van der Waals surface area contributed by atoms with E-state index < -0.39 is 17.1 Å². The average molecular weight is 667 g/mol. The third-order valence-electron chi connectivity index (χ3n) is 6.46. The molecule has 5 rings (SSSR count). The van der Waals surface area contributed by atoms with Gasteiger partial charge in [0.1, 0.15) is 16.7 Å². The minimum absolute atomic E-state index is 0.0147. The number of benzene rings is 3. The van der Waals surface area contributed by atoms with Crippen LogP contribution in [0.25, 0.3) is 6.08 Å². The predicted octanol–water partition coefficient (Wildman–Crippen LogP) is 6.72. The van der Waals surface area contributed by atoms with E-state index in [0.29, 0.717) is 32.7 Å². The summed E-state index contributed by atoms with van der Waals surface area (Å²) in [7, 11) is 0. The number of aromatic nitrogens is 1. The summed E-state index contributed by atoms with van der Waals surface area (Å²) in [6.45, 7) is 2.01. The van der Waals surface area contributed by atoms with Crippen LogP contribution in [0.15, 0.2) is 124 Å². The van der Waals surface area contributed by atoms with Crippen molar-refractivity contribution in [2.24, 2.45) is 0 Å². The largest absolute Gasteiger partial charge is 0.466 e. The normalized spacial score (nSPS) is 11.7. The number of thioether (sulfide) groups is 1. The lowest BCUT2D eigenvalue weighted by atomic mass is 10.1. The minimum Gasteiger partial charge on any atom is -0.466 e. The van der Waals surface area contributed by atoms with E-state index in [2.05, 4.69) is 20.9 Å². The SMILES string of the molecule is CCOC(=O)Cc1csc(NC(=O)C(Sc2cccc(NC(=O)/C(=C/c3ccco3)NC(=O)c3ccccc3)c2)c2ccccc2)n1. The molecular formula is C35H30N4O6S2. The summed E-state index contributed by atoms with van der Waals surface area (Å²) in [5.41, 5.74) is 2.10. The quantitative estimate of drug-likeness (QED) is 0.0715. The van der Waals surface area contributed by atoms with Gasteiger partial charge in [0, 0.05) is 27.6 Å². The van der Waals surface area contributed by atoms with Gasteiger partial charge in [-0.15, -0.1) is 23.1 Å². The number of anilines is 2. The molecule has 1 unspecified atom stereocenters. The van der Waals surface area contributed by atoms with Gasteiger partial charge in [0.15, 0.2) is 5.13 Å². The molecule has 47 heavy (non-hydrogen) atoms. The first-order chi connectivity index (χ1) is 22.9. The van der Waals surface area contributed by atoms with Gasteiger partial charge >= 0.3 is 5.97 Å². The van der Waals surface area contributed by atoms with Crippen LogP contribution in [0.5, 0.6) is 0 Å². The third kappa shape index (κ3) is 9.52. The van der Waals surface area contributed by atoms with Crippen LogP contribution in [0.3, 0.4) is 0 Å². The number of esters is 1. The highest BCUT2D eigenvalue weighted by Crippen LogP contribution is 2.37. The van der Waals surface area contributed by atoms with Gasteiger partial charge in [-0.25, -0.2) is 4.98 Å². The van der Waals surface area contributed by atoms with Gasteiger partial charge in [-0.2, -0.15) is 0 Å². The van der Waals surface area contributed by atoms with Crippen molar-refractivity contribution in [2.45, 2.75) is 23.5 Å². The van der Waals surface area contributed by atoms with Gasteiger partial charge < -0.3 is 25.1 Å². The van der Waals surface area contributed by atoms with E-state index in [-0.39, 0.29) is 30.6 Å². The van der Waals surface area contributed by atoms with Gasteiger partial charge in [-0.05, 0) is 55.0 Å². The van der Waals surface area contributed by atoms with Crippen molar-refractivity contribution < 1.29 is 28.3 Å². The molecule has 0 saturated carbocycles. The second kappa shape index (κ2) is 16.2. The van der Waals surface area contributed by atoms with E-state index in [9.17, 15) is 19.2 Å². The summed E-state index contributed by atoms with van der Waals surface area (Å²) in [4.78, 5) is 56.8. The summed E-state index contributed by atoms with van der Waals surface area (Å²) in [6.07, 6.45) is 2.93. The molecule has 0 fully saturated rings. The molecule has 0 aliphatic carbocycles. The standard InChI is InChI=1S/C35H30N4O6S2/c1-2-44-30(40)20-26-22-46-35(37-26)39-34(43)31(23-11-5-3-6-12-23)47-28-17-9-15-25(19-28)36-33(42)29(21-27-16-10-18-45-27)38-32(41)24-13-7-4-8-14-24/h3-19,21-22,31H,2,20H2,1H3,(H,36,42)(H,38,41)(H,37,39,43)/b29-21-. The Balaban J connectivity index is 1.32. The van der Waals surface area contributed by atoms with Gasteiger partial charge in [0.25, 0.3) is 11.8 Å². The molecule has 1 atom stereocenters. The molecule has 5 aromatic rings. The van der Waals surface area contributed by atoms with Crippen LogP contribution < -0.4 is 16.0 Å². The number of hydrogen-bond donors (Lipinski definition) is 3. The number of carbonyl (C=O) groups excluding carboxylic acids is 4. The smallest absolute Gasteiger partial charge is 0.311 e. The number of hydrogen-bond acceptors (Lipinski definition) is 9. The summed E-state index contributed by atoms with van der Waals surface area (Å²) in [5.74, 6) is -1.32. The Bertz CT molecular complexity index is 1860.